The molecule has 1 heterocycles. The molecule has 0 amide bonds. The molecule has 1 aromatic rings. The van der Waals surface area contributed by atoms with Crippen LogP contribution in [0.1, 0.15) is 24.0 Å². The van der Waals surface area contributed by atoms with Gasteiger partial charge in [0.05, 0.1) is 7.11 Å². The second kappa shape index (κ2) is 5.50. The van der Waals surface area contributed by atoms with Crippen LogP contribution < -0.4 is 10.1 Å². The van der Waals surface area contributed by atoms with Gasteiger partial charge in [-0.05, 0) is 62.4 Å². The lowest BCUT2D eigenvalue weighted by atomic mass is 9.90. The van der Waals surface area contributed by atoms with Gasteiger partial charge in [0, 0.05) is 0 Å². The molecule has 0 saturated carbocycles. The van der Waals surface area contributed by atoms with Crippen molar-refractivity contribution < 1.29 is 9.13 Å². The highest BCUT2D eigenvalue weighted by Crippen LogP contribution is 2.26. The van der Waals surface area contributed by atoms with Crippen molar-refractivity contribution in [2.24, 2.45) is 5.92 Å². The van der Waals surface area contributed by atoms with E-state index in [0.717, 1.165) is 30.6 Å². The van der Waals surface area contributed by atoms with Crippen LogP contribution in [0, 0.1) is 18.7 Å². The van der Waals surface area contributed by atoms with E-state index in [1.165, 1.54) is 20.0 Å². The quantitative estimate of drug-likeness (QED) is 0.872. The molecule has 1 aromatic carbocycles. The Morgan fingerprint density at radius 2 is 2.06 bits per heavy atom. The van der Waals surface area contributed by atoms with Crippen molar-refractivity contribution in [3.05, 3.63) is 29.1 Å². The topological polar surface area (TPSA) is 21.3 Å². The summed E-state index contributed by atoms with van der Waals surface area (Å²) in [7, 11) is 1.51. The average Bonchev–Trinajstić information content (AvgIpc) is 2.30. The van der Waals surface area contributed by atoms with Crippen LogP contribution in [-0.4, -0.2) is 20.2 Å². The fourth-order valence-corrected chi connectivity index (χ4v) is 2.60. The van der Waals surface area contributed by atoms with E-state index in [1.807, 2.05) is 13.0 Å². The molecule has 0 spiro atoms. The maximum atomic E-state index is 13.7. The molecule has 0 aliphatic carbocycles. The maximum Gasteiger partial charge on any atom is 0.165 e. The number of methoxy groups -OCH3 is 1. The second-order valence-corrected chi connectivity index (χ2v) is 4.83. The van der Waals surface area contributed by atoms with Crippen LogP contribution in [0.2, 0.25) is 0 Å². The van der Waals surface area contributed by atoms with Gasteiger partial charge in [0.1, 0.15) is 0 Å². The number of piperidine rings is 1. The van der Waals surface area contributed by atoms with Gasteiger partial charge in [-0.15, -0.1) is 0 Å². The Bertz CT molecular complexity index is 363. The van der Waals surface area contributed by atoms with Crippen molar-refractivity contribution in [1.29, 1.82) is 0 Å². The van der Waals surface area contributed by atoms with E-state index in [-0.39, 0.29) is 5.82 Å². The molecule has 0 bridgehead atoms. The predicted octanol–water partition coefficient (Wildman–Crippen LogP) is 2.68. The van der Waals surface area contributed by atoms with Gasteiger partial charge in [0.2, 0.25) is 0 Å². The lowest BCUT2D eigenvalue weighted by Gasteiger charge is -2.23. The Labute approximate surface area is 102 Å². The lowest BCUT2D eigenvalue weighted by Crippen LogP contribution is -2.28. The molecule has 1 saturated heterocycles. The standard InChI is InChI=1S/C14H20FNO/c1-10-7-12(9-13(15)14(10)17-2)8-11-3-5-16-6-4-11/h7,9,11,16H,3-6,8H2,1-2H3. The number of rotatable bonds is 3. The van der Waals surface area contributed by atoms with Gasteiger partial charge in [-0.1, -0.05) is 6.07 Å². The third-order valence-electron chi connectivity index (χ3n) is 3.48. The van der Waals surface area contributed by atoms with E-state index in [4.69, 9.17) is 4.74 Å². The zero-order valence-electron chi connectivity index (χ0n) is 10.6. The minimum absolute atomic E-state index is 0.239. The van der Waals surface area contributed by atoms with Crippen LogP contribution >= 0.6 is 0 Å². The Hall–Kier alpha value is -1.09. The molecule has 0 radical (unpaired) electrons. The van der Waals surface area contributed by atoms with Crippen molar-refractivity contribution in [1.82, 2.24) is 5.32 Å². The Balaban J connectivity index is 2.10. The zero-order chi connectivity index (χ0) is 12.3. The predicted molar refractivity (Wildman–Crippen MR) is 67.0 cm³/mol. The normalized spacial score (nSPS) is 17.1. The van der Waals surface area contributed by atoms with Gasteiger partial charge >= 0.3 is 0 Å². The third kappa shape index (κ3) is 2.97. The summed E-state index contributed by atoms with van der Waals surface area (Å²) in [5.74, 6) is 0.818. The van der Waals surface area contributed by atoms with Crippen molar-refractivity contribution in [2.75, 3.05) is 20.2 Å². The average molecular weight is 237 g/mol. The molecule has 1 N–H and O–H groups in total. The number of nitrogens with one attached hydrogen (secondary N) is 1. The van der Waals surface area contributed by atoms with Crippen molar-refractivity contribution in [3.63, 3.8) is 0 Å². The Morgan fingerprint density at radius 1 is 1.35 bits per heavy atom. The minimum atomic E-state index is -0.239. The Kier molecular flexibility index (Phi) is 4.00. The first-order chi connectivity index (χ1) is 8.20. The van der Waals surface area contributed by atoms with Gasteiger partial charge < -0.3 is 10.1 Å². The largest absolute Gasteiger partial charge is 0.493 e. The molecule has 0 atom stereocenters. The summed E-state index contributed by atoms with van der Waals surface area (Å²) in [6, 6.07) is 3.66. The first-order valence-electron chi connectivity index (χ1n) is 6.24. The molecule has 2 rings (SSSR count). The molecule has 1 fully saturated rings. The van der Waals surface area contributed by atoms with Crippen LogP contribution in [0.4, 0.5) is 4.39 Å². The van der Waals surface area contributed by atoms with Crippen LogP contribution in [0.5, 0.6) is 5.75 Å². The SMILES string of the molecule is COc1c(C)cc(CC2CCNCC2)cc1F. The molecule has 0 aromatic heterocycles. The fourth-order valence-electron chi connectivity index (χ4n) is 2.60. The van der Waals surface area contributed by atoms with Crippen LogP contribution in [0.25, 0.3) is 0 Å². The summed E-state index contributed by atoms with van der Waals surface area (Å²) in [6.07, 6.45) is 3.35. The van der Waals surface area contributed by atoms with E-state index < -0.39 is 0 Å². The summed E-state index contributed by atoms with van der Waals surface area (Å²) in [5, 5.41) is 3.35. The molecule has 2 nitrogen and oxygen atoms in total. The Morgan fingerprint density at radius 3 is 2.65 bits per heavy atom. The van der Waals surface area contributed by atoms with Crippen LogP contribution in [0.15, 0.2) is 12.1 Å². The molecular formula is C14H20FNO. The summed E-state index contributed by atoms with van der Waals surface area (Å²) in [5.41, 5.74) is 1.98. The minimum Gasteiger partial charge on any atom is -0.493 e. The van der Waals surface area contributed by atoms with E-state index in [2.05, 4.69) is 5.32 Å². The summed E-state index contributed by atoms with van der Waals surface area (Å²) < 4.78 is 18.8. The highest BCUT2D eigenvalue weighted by Gasteiger charge is 2.15. The number of ether oxygens (including phenoxy) is 1. The number of aryl methyl sites for hydroxylation is 1. The molecule has 1 aliphatic rings. The molecule has 0 unspecified atom stereocenters. The summed E-state index contributed by atoms with van der Waals surface area (Å²) in [6.45, 7) is 4.07. The first-order valence-corrected chi connectivity index (χ1v) is 6.24. The zero-order valence-corrected chi connectivity index (χ0v) is 10.6. The molecule has 3 heteroatoms. The smallest absolute Gasteiger partial charge is 0.165 e. The number of hydrogen-bond acceptors (Lipinski definition) is 2. The molecule has 94 valence electrons. The van der Waals surface area contributed by atoms with Crippen LogP contribution in [-0.2, 0) is 6.42 Å². The lowest BCUT2D eigenvalue weighted by molar-refractivity contribution is 0.368. The molecule has 17 heavy (non-hydrogen) atoms. The third-order valence-corrected chi connectivity index (χ3v) is 3.48. The van der Waals surface area contributed by atoms with E-state index in [9.17, 15) is 4.39 Å². The fraction of sp³-hybridized carbons (Fsp3) is 0.571. The first kappa shape index (κ1) is 12.4. The highest BCUT2D eigenvalue weighted by atomic mass is 19.1. The maximum absolute atomic E-state index is 13.7. The highest BCUT2D eigenvalue weighted by molar-refractivity contribution is 5.37. The summed E-state index contributed by atoms with van der Waals surface area (Å²) >= 11 is 0. The van der Waals surface area contributed by atoms with Gasteiger partial charge in [0.25, 0.3) is 0 Å². The monoisotopic (exact) mass is 237 g/mol. The van der Waals surface area contributed by atoms with E-state index in [0.29, 0.717) is 11.7 Å². The van der Waals surface area contributed by atoms with Gasteiger partial charge in [-0.25, -0.2) is 4.39 Å². The second-order valence-electron chi connectivity index (χ2n) is 4.83. The van der Waals surface area contributed by atoms with E-state index >= 15 is 0 Å². The number of halogens is 1. The molecule has 1 aliphatic heterocycles. The van der Waals surface area contributed by atoms with Crippen molar-refractivity contribution in [2.45, 2.75) is 26.2 Å². The molecular weight excluding hydrogens is 217 g/mol. The number of hydrogen-bond donors (Lipinski definition) is 1. The van der Waals surface area contributed by atoms with E-state index in [1.54, 1.807) is 6.07 Å². The van der Waals surface area contributed by atoms with Crippen molar-refractivity contribution in [3.8, 4) is 5.75 Å². The van der Waals surface area contributed by atoms with Crippen LogP contribution in [0.3, 0.4) is 0 Å². The summed E-state index contributed by atoms with van der Waals surface area (Å²) in [4.78, 5) is 0. The van der Waals surface area contributed by atoms with Crippen molar-refractivity contribution >= 4 is 0 Å². The van der Waals surface area contributed by atoms with Gasteiger partial charge in [-0.2, -0.15) is 0 Å². The number of benzene rings is 1. The van der Waals surface area contributed by atoms with Gasteiger partial charge in [-0.3, -0.25) is 0 Å². The van der Waals surface area contributed by atoms with Gasteiger partial charge in [0.15, 0.2) is 11.6 Å².